The molecule has 8 aromatic rings. The first kappa shape index (κ1) is 57.4. The van der Waals surface area contributed by atoms with Crippen molar-refractivity contribution in [3.63, 3.8) is 0 Å². The molecule has 358 valence electrons. The molecule has 0 amide bonds. The summed E-state index contributed by atoms with van der Waals surface area (Å²) in [6, 6.07) is 32.1. The van der Waals surface area contributed by atoms with Gasteiger partial charge in [0.15, 0.2) is 11.6 Å². The molecule has 0 spiro atoms. The second-order valence-electron chi connectivity index (χ2n) is 14.9. The normalized spacial score (nSPS) is 12.9. The topological polar surface area (TPSA) is 313 Å². The summed E-state index contributed by atoms with van der Waals surface area (Å²) >= 11 is 7.20. The first-order chi connectivity index (χ1) is 34.2. The third kappa shape index (κ3) is 11.5. The van der Waals surface area contributed by atoms with Gasteiger partial charge in [-0.05, 0) is 90.0 Å². The Bertz CT molecular complexity index is 3850. The molecule has 3 heterocycles. The van der Waals surface area contributed by atoms with Crippen molar-refractivity contribution in [2.24, 2.45) is 4.99 Å². The van der Waals surface area contributed by atoms with Gasteiger partial charge in [-0.15, -0.1) is 0 Å². The van der Waals surface area contributed by atoms with Gasteiger partial charge in [-0.25, -0.2) is 21.8 Å². The number of aromatic nitrogens is 4. The second kappa shape index (κ2) is 23.9. The monoisotopic (exact) mass is 1120 g/mol. The Morgan fingerprint density at radius 1 is 0.662 bits per heavy atom. The first-order valence-electron chi connectivity index (χ1n) is 20.1. The van der Waals surface area contributed by atoms with Crippen LogP contribution >= 0.6 is 35.7 Å². The van der Waals surface area contributed by atoms with Gasteiger partial charge in [0.1, 0.15) is 15.0 Å². The van der Waals surface area contributed by atoms with Crippen LogP contribution in [0.15, 0.2) is 157 Å². The van der Waals surface area contributed by atoms with Crippen LogP contribution in [0.4, 0.5) is 40.3 Å². The largest absolute Gasteiger partial charge is 1.00 e. The Morgan fingerprint density at radius 2 is 1.28 bits per heavy atom. The molecule has 10 rings (SSSR count). The van der Waals surface area contributed by atoms with Gasteiger partial charge in [0.25, 0.3) is 15.6 Å². The second-order valence-corrected chi connectivity index (χ2v) is 19.8. The number of carbonyl (C=O) groups excluding carboxylic acids is 1. The number of sulfonamides is 1. The van der Waals surface area contributed by atoms with Gasteiger partial charge < -0.3 is 31.0 Å². The van der Waals surface area contributed by atoms with Crippen LogP contribution in [0.25, 0.3) is 27.7 Å². The van der Waals surface area contributed by atoms with Crippen molar-refractivity contribution in [2.75, 3.05) is 16.0 Å². The summed E-state index contributed by atoms with van der Waals surface area (Å²) in [6.07, 6.45) is 0. The third-order valence-corrected chi connectivity index (χ3v) is 14.5. The number of amidine groups is 1. The Kier molecular flexibility index (Phi) is 18.6. The van der Waals surface area contributed by atoms with Crippen molar-refractivity contribution in [1.29, 1.82) is 0 Å². The van der Waals surface area contributed by atoms with E-state index in [0.717, 1.165) is 12.1 Å². The number of fused-ring (bicyclic) bond motifs is 3. The minimum absolute atomic E-state index is 0. The molecule has 0 saturated carbocycles. The van der Waals surface area contributed by atoms with Gasteiger partial charge in [-0.3, -0.25) is 29.0 Å². The van der Waals surface area contributed by atoms with Gasteiger partial charge >= 0.3 is 88.7 Å². The SMILES string of the molecule is O=C1c2ccccc2-c2c(C3=Nc4ccccc4S(=O)(=O)N3)c(=O)n(-c3ccccc3)c3ccc(Nc4cc(Nc5nc(Cl)nc(Nc6cc(S(=O)(=O)[O-])ccc6SOO[O-])n5)ccc4SOO[O-])c1c23.[Na+].[Na+].[Na+]. The number of para-hydroxylation sites is 2. The molecule has 0 bridgehead atoms. The molecule has 0 atom stereocenters. The van der Waals surface area contributed by atoms with E-state index in [-0.39, 0.29) is 182 Å². The Morgan fingerprint density at radius 3 is 1.97 bits per heavy atom. The summed E-state index contributed by atoms with van der Waals surface area (Å²) in [7, 11) is -9.18. The minimum Gasteiger partial charge on any atom is -0.744 e. The quantitative estimate of drug-likeness (QED) is 0.0262. The molecule has 0 fully saturated rings. The molecule has 2 aromatic heterocycles. The van der Waals surface area contributed by atoms with Gasteiger partial charge in [-0.1, -0.05) is 54.6 Å². The summed E-state index contributed by atoms with van der Waals surface area (Å²) in [5, 5.41) is 37.6. The summed E-state index contributed by atoms with van der Waals surface area (Å²) in [5.41, 5.74) is 1.43. The maximum Gasteiger partial charge on any atom is 1.00 e. The average Bonchev–Trinajstić information content (AvgIpc) is 3.34. The van der Waals surface area contributed by atoms with E-state index in [1.54, 1.807) is 78.9 Å². The molecule has 30 heteroatoms. The number of benzene rings is 6. The van der Waals surface area contributed by atoms with E-state index in [1.807, 2.05) is 0 Å². The van der Waals surface area contributed by atoms with Gasteiger partial charge in [-0.2, -0.15) is 23.6 Å². The molecule has 4 N–H and O–H groups in total. The predicted molar refractivity (Wildman–Crippen MR) is 253 cm³/mol. The van der Waals surface area contributed by atoms with Crippen LogP contribution in [0.1, 0.15) is 21.5 Å². The average molecular weight is 1120 g/mol. The summed E-state index contributed by atoms with van der Waals surface area (Å²) in [5.74, 6) is -1.17. The van der Waals surface area contributed by atoms with Crippen LogP contribution in [-0.4, -0.2) is 52.5 Å². The van der Waals surface area contributed by atoms with Crippen molar-refractivity contribution >= 4 is 119 Å². The van der Waals surface area contributed by atoms with Gasteiger partial charge in [0.2, 0.25) is 17.2 Å². The predicted octanol–water partition coefficient (Wildman–Crippen LogP) is -2.98. The fraction of sp³-hybridized carbons (Fsp3) is 0. The molecule has 0 saturated heterocycles. The van der Waals surface area contributed by atoms with Crippen molar-refractivity contribution in [1.82, 2.24) is 24.2 Å². The standard InChI is InChI=1S/C44H28ClN9O13S4.3Na/c45-42-50-43(52-44(51-42)49-30-21-24(71(61,62)63)15-19-33(30)69-67-65-58)46-22-14-18-32(68-66-64-57)29(20-22)47-28-16-17-31-37-35(25-10-4-5-11-26(25)39(55)36(28)37)38(41(56)54(31)23-8-2-1-3-9-23)40-48-27-12-6-7-13-34(27)70(59,60)53-40;;;/h1-21,47,57-58H,(H,48,53)(H,61,62,63)(H2,46,49,50,51,52);;;/q;3*+1/p-3. The van der Waals surface area contributed by atoms with Crippen molar-refractivity contribution in [2.45, 2.75) is 19.6 Å². The molecule has 0 radical (unpaired) electrons. The van der Waals surface area contributed by atoms with E-state index in [2.05, 4.69) is 55.0 Å². The molecule has 74 heavy (non-hydrogen) atoms. The minimum atomic E-state index is -4.94. The van der Waals surface area contributed by atoms with Crippen LogP contribution < -0.4 is 125 Å². The molecule has 6 aromatic carbocycles. The maximum atomic E-state index is 15.2. The summed E-state index contributed by atoms with van der Waals surface area (Å²) < 4.78 is 76.0. The van der Waals surface area contributed by atoms with Crippen molar-refractivity contribution in [3.8, 4) is 16.8 Å². The number of halogens is 1. The summed E-state index contributed by atoms with van der Waals surface area (Å²) in [6.45, 7) is 0. The number of hydrogen-bond acceptors (Lipinski definition) is 22. The fourth-order valence-corrected chi connectivity index (χ4v) is 10.6. The summed E-state index contributed by atoms with van der Waals surface area (Å²) in [4.78, 5) is 46.9. The van der Waals surface area contributed by atoms with Crippen LogP contribution in [0.3, 0.4) is 0 Å². The van der Waals surface area contributed by atoms with Crippen LogP contribution in [0.2, 0.25) is 5.28 Å². The number of ketones is 1. The molecule has 1 aliphatic carbocycles. The first-order valence-corrected chi connectivity index (χ1v) is 24.9. The van der Waals surface area contributed by atoms with Gasteiger partial charge in [0, 0.05) is 27.9 Å². The number of hydrogen-bond donors (Lipinski definition) is 4. The number of carbonyl (C=O) groups is 1. The number of nitrogens with zero attached hydrogens (tertiary/aromatic N) is 5. The molecular weight excluding hydrogens is 1100 g/mol. The van der Waals surface area contributed by atoms with Crippen LogP contribution in [0.5, 0.6) is 0 Å². The molecule has 0 unspecified atom stereocenters. The van der Waals surface area contributed by atoms with E-state index in [1.165, 1.54) is 41.0 Å². The maximum absolute atomic E-state index is 15.2. The zero-order valence-electron chi connectivity index (χ0n) is 38.2. The number of pyridine rings is 1. The van der Waals surface area contributed by atoms with E-state index >= 15 is 9.59 Å². The Labute approximate surface area is 498 Å². The van der Waals surface area contributed by atoms with Crippen molar-refractivity contribution < 1.29 is 144 Å². The van der Waals surface area contributed by atoms with E-state index in [0.29, 0.717) is 40.9 Å². The Balaban J connectivity index is 0.00000267. The number of rotatable bonds is 15. The molecule has 1 aliphatic heterocycles. The van der Waals surface area contributed by atoms with E-state index in [9.17, 15) is 31.9 Å². The zero-order chi connectivity index (χ0) is 49.6. The molecule has 22 nitrogen and oxygen atoms in total. The van der Waals surface area contributed by atoms with Gasteiger partial charge in [0.05, 0.1) is 78.2 Å². The fourth-order valence-electron chi connectivity index (χ4n) is 7.96. The smallest absolute Gasteiger partial charge is 0.744 e. The molecular formula is C44H25ClN9Na3O13S4. The van der Waals surface area contributed by atoms with Crippen molar-refractivity contribution in [3.05, 3.63) is 160 Å². The third-order valence-electron chi connectivity index (χ3n) is 10.8. The van der Waals surface area contributed by atoms with Crippen LogP contribution in [0, 0.1) is 0 Å². The number of nitrogens with one attached hydrogen (secondary N) is 4. The van der Waals surface area contributed by atoms with E-state index < -0.39 is 36.4 Å². The number of aliphatic imine (C=N–C) groups is 1. The Hall–Kier alpha value is -4.31. The molecule has 2 aliphatic rings. The number of anilines is 6. The zero-order valence-corrected chi connectivity index (χ0v) is 48.2. The van der Waals surface area contributed by atoms with E-state index in [4.69, 9.17) is 15.9 Å². The van der Waals surface area contributed by atoms with Crippen LogP contribution in [-0.2, 0) is 38.9 Å².